The van der Waals surface area contributed by atoms with Crippen LogP contribution in [0.4, 0.5) is 0 Å². The summed E-state index contributed by atoms with van der Waals surface area (Å²) in [6.45, 7) is 0. The summed E-state index contributed by atoms with van der Waals surface area (Å²) in [6, 6.07) is 0. The zero-order chi connectivity index (χ0) is 11.8. The van der Waals surface area contributed by atoms with Crippen LogP contribution in [0.2, 0.25) is 0 Å². The normalized spacial score (nSPS) is 26.1. The van der Waals surface area contributed by atoms with Crippen molar-refractivity contribution in [3.63, 3.8) is 0 Å². The van der Waals surface area contributed by atoms with Gasteiger partial charge in [0.05, 0.1) is 5.70 Å². The van der Waals surface area contributed by atoms with Gasteiger partial charge in [-0.3, -0.25) is 5.32 Å². The first kappa shape index (κ1) is 12.5. The van der Waals surface area contributed by atoms with Gasteiger partial charge in [-0.25, -0.2) is 0 Å². The Bertz CT molecular complexity index is 309. The monoisotopic (exact) mass is 230 g/mol. The number of hydrogen-bond donors (Lipinski definition) is 0. The quantitative estimate of drug-likeness (QED) is 0.612. The fourth-order valence-corrected chi connectivity index (χ4v) is 2.62. The van der Waals surface area contributed by atoms with E-state index in [2.05, 4.69) is 17.5 Å². The van der Waals surface area contributed by atoms with Crippen LogP contribution >= 0.6 is 0 Å². The van der Waals surface area contributed by atoms with E-state index in [1.807, 2.05) is 12.3 Å². The largest absolute Gasteiger partial charge is 0.257 e. The third kappa shape index (κ3) is 4.41. The third-order valence-electron chi connectivity index (χ3n) is 3.67. The van der Waals surface area contributed by atoms with Gasteiger partial charge in [0.15, 0.2) is 0 Å². The molecule has 0 fully saturated rings. The zero-order valence-electron chi connectivity index (χ0n) is 10.8. The molecule has 2 rings (SSSR count). The second-order valence-electron chi connectivity index (χ2n) is 5.12. The molecule has 0 amide bonds. The van der Waals surface area contributed by atoms with Crippen LogP contribution in [0.3, 0.4) is 0 Å². The van der Waals surface area contributed by atoms with E-state index in [0.29, 0.717) is 0 Å². The minimum atomic E-state index is 1.21. The van der Waals surface area contributed by atoms with Gasteiger partial charge in [0.2, 0.25) is 0 Å². The molecule has 0 aromatic heterocycles. The summed E-state index contributed by atoms with van der Waals surface area (Å²) in [5, 5.41) is 4.44. The molecular formula is C16H24N. The lowest BCUT2D eigenvalue weighted by Gasteiger charge is -2.10. The van der Waals surface area contributed by atoms with Gasteiger partial charge in [-0.2, -0.15) is 0 Å². The van der Waals surface area contributed by atoms with Gasteiger partial charge in [-0.1, -0.05) is 44.6 Å². The molecule has 1 aliphatic heterocycles. The average Bonchev–Trinajstić information content (AvgIpc) is 2.83. The zero-order valence-corrected chi connectivity index (χ0v) is 10.8. The lowest BCUT2D eigenvalue weighted by atomic mass is 9.99. The van der Waals surface area contributed by atoms with Crippen molar-refractivity contribution >= 4 is 0 Å². The molecule has 0 atom stereocenters. The van der Waals surface area contributed by atoms with Crippen molar-refractivity contribution < 1.29 is 0 Å². The molecule has 1 heteroatoms. The Morgan fingerprint density at radius 1 is 0.824 bits per heavy atom. The first-order chi connectivity index (χ1) is 8.47. The van der Waals surface area contributed by atoms with Crippen LogP contribution in [-0.4, -0.2) is 0 Å². The highest BCUT2D eigenvalue weighted by molar-refractivity contribution is 5.36. The maximum absolute atomic E-state index is 4.44. The fraction of sp³-hybridized carbons (Fsp3) is 0.625. The van der Waals surface area contributed by atoms with Crippen LogP contribution in [-0.2, 0) is 0 Å². The average molecular weight is 230 g/mol. The highest BCUT2D eigenvalue weighted by atomic mass is 14.9. The lowest BCUT2D eigenvalue weighted by molar-refractivity contribution is 0.562. The molecule has 1 aliphatic carbocycles. The molecule has 0 saturated carbocycles. The van der Waals surface area contributed by atoms with E-state index in [1.165, 1.54) is 75.5 Å². The number of nitrogens with zero attached hydrogens (tertiary/aromatic N) is 1. The van der Waals surface area contributed by atoms with Gasteiger partial charge in [0, 0.05) is 6.20 Å². The van der Waals surface area contributed by atoms with Gasteiger partial charge in [-0.15, -0.1) is 0 Å². The highest BCUT2D eigenvalue weighted by Crippen LogP contribution is 2.22. The summed E-state index contributed by atoms with van der Waals surface area (Å²) >= 11 is 0. The van der Waals surface area contributed by atoms with E-state index in [4.69, 9.17) is 0 Å². The van der Waals surface area contributed by atoms with E-state index in [1.54, 1.807) is 0 Å². The molecule has 2 aliphatic rings. The van der Waals surface area contributed by atoms with E-state index in [-0.39, 0.29) is 0 Å². The second kappa shape index (κ2) is 7.37. The molecule has 0 aromatic rings. The van der Waals surface area contributed by atoms with Crippen molar-refractivity contribution in [3.05, 3.63) is 35.7 Å². The molecule has 0 N–H and O–H groups in total. The minimum absolute atomic E-state index is 1.21. The van der Waals surface area contributed by atoms with Crippen LogP contribution in [0, 0.1) is 0 Å². The molecule has 1 nitrogen and oxygen atoms in total. The molecular weight excluding hydrogens is 206 g/mol. The predicted octanol–water partition coefficient (Wildman–Crippen LogP) is 4.84. The second-order valence-corrected chi connectivity index (χ2v) is 5.12. The summed E-state index contributed by atoms with van der Waals surface area (Å²) in [5.41, 5.74) is 2.69. The Labute approximate surface area is 106 Å². The maximum atomic E-state index is 4.44. The van der Waals surface area contributed by atoms with E-state index >= 15 is 0 Å². The summed E-state index contributed by atoms with van der Waals surface area (Å²) in [7, 11) is 0. The van der Waals surface area contributed by atoms with Crippen molar-refractivity contribution in [2.24, 2.45) is 0 Å². The van der Waals surface area contributed by atoms with E-state index in [0.717, 1.165) is 0 Å². The van der Waals surface area contributed by atoms with E-state index in [9.17, 15) is 0 Å². The fourth-order valence-electron chi connectivity index (χ4n) is 2.62. The minimum Gasteiger partial charge on any atom is -0.257 e. The van der Waals surface area contributed by atoms with Crippen molar-refractivity contribution in [2.45, 2.75) is 64.2 Å². The van der Waals surface area contributed by atoms with Crippen LogP contribution in [0.5, 0.6) is 0 Å². The van der Waals surface area contributed by atoms with Crippen LogP contribution in [0.25, 0.3) is 0 Å². The standard InChI is InChI=1S/C16H24N/c1-2-4-6-8-11-15(12-9-7-5-3-1)16-13-10-14-17-16/h10-11,13-14H,1-9,12H2/b15-11+. The summed E-state index contributed by atoms with van der Waals surface area (Å²) < 4.78 is 0. The van der Waals surface area contributed by atoms with Crippen LogP contribution in [0.15, 0.2) is 35.7 Å². The van der Waals surface area contributed by atoms with Crippen molar-refractivity contribution in [3.8, 4) is 0 Å². The van der Waals surface area contributed by atoms with Crippen molar-refractivity contribution in [1.29, 1.82) is 0 Å². The lowest BCUT2D eigenvalue weighted by Crippen LogP contribution is -1.98. The Morgan fingerprint density at radius 3 is 2.24 bits per heavy atom. The topological polar surface area (TPSA) is 14.1 Å². The number of hydrogen-bond acceptors (Lipinski definition) is 0. The molecule has 0 bridgehead atoms. The molecule has 93 valence electrons. The molecule has 0 unspecified atom stereocenters. The summed E-state index contributed by atoms with van der Waals surface area (Å²) in [4.78, 5) is 0. The van der Waals surface area contributed by atoms with Gasteiger partial charge < -0.3 is 0 Å². The predicted molar refractivity (Wildman–Crippen MR) is 73.6 cm³/mol. The van der Waals surface area contributed by atoms with Gasteiger partial charge in [-0.05, 0) is 43.4 Å². The van der Waals surface area contributed by atoms with Crippen molar-refractivity contribution in [1.82, 2.24) is 5.32 Å². The van der Waals surface area contributed by atoms with Gasteiger partial charge in [0.1, 0.15) is 0 Å². The van der Waals surface area contributed by atoms with Gasteiger partial charge >= 0.3 is 0 Å². The Hall–Kier alpha value is -0.980. The molecule has 1 radical (unpaired) electrons. The Morgan fingerprint density at radius 2 is 1.53 bits per heavy atom. The maximum Gasteiger partial charge on any atom is 0.0658 e. The smallest absolute Gasteiger partial charge is 0.0658 e. The number of rotatable bonds is 1. The SMILES string of the molecule is C1=C[N]C(/C2=C/CCCCCCCCCC2)=C1. The first-order valence-corrected chi connectivity index (χ1v) is 7.24. The summed E-state index contributed by atoms with van der Waals surface area (Å²) in [6.07, 6.45) is 22.2. The third-order valence-corrected chi connectivity index (χ3v) is 3.67. The molecule has 0 aromatic carbocycles. The molecule has 0 saturated heterocycles. The van der Waals surface area contributed by atoms with Gasteiger partial charge in [0.25, 0.3) is 0 Å². The van der Waals surface area contributed by atoms with Crippen LogP contribution in [0.1, 0.15) is 64.2 Å². The Balaban J connectivity index is 1.90. The van der Waals surface area contributed by atoms with Crippen LogP contribution < -0.4 is 5.32 Å². The van der Waals surface area contributed by atoms with E-state index < -0.39 is 0 Å². The molecule has 0 spiro atoms. The van der Waals surface area contributed by atoms with Crippen molar-refractivity contribution in [2.75, 3.05) is 0 Å². The number of allylic oxidation sites excluding steroid dienone is 4. The summed E-state index contributed by atoms with van der Waals surface area (Å²) in [5.74, 6) is 0. The first-order valence-electron chi connectivity index (χ1n) is 7.24. The Kier molecular flexibility index (Phi) is 5.41. The molecule has 1 heterocycles. The highest BCUT2D eigenvalue weighted by Gasteiger charge is 2.07. The molecule has 17 heavy (non-hydrogen) atoms.